The largest absolute Gasteiger partial charge is 0.473 e. The zero-order valence-corrected chi connectivity index (χ0v) is 4.17. The summed E-state index contributed by atoms with van der Waals surface area (Å²) in [6.07, 6.45) is 0. The Morgan fingerprint density at radius 1 is 1.43 bits per heavy atom. The summed E-state index contributed by atoms with van der Waals surface area (Å²) in [6.45, 7) is 0. The van der Waals surface area contributed by atoms with Gasteiger partial charge in [-0.2, -0.15) is 0 Å². The van der Waals surface area contributed by atoms with E-state index in [4.69, 9.17) is 4.89 Å². The first-order chi connectivity index (χ1) is 3.12. The van der Waals surface area contributed by atoms with Gasteiger partial charge in [0.15, 0.2) is 0 Å². The molecule has 0 saturated carbocycles. The lowest BCUT2D eigenvalue weighted by atomic mass is 11.8. The van der Waals surface area contributed by atoms with E-state index in [1.54, 1.807) is 0 Å². The molecule has 0 amide bonds. The highest BCUT2D eigenvalue weighted by atomic mass is 31.2. The Morgan fingerprint density at radius 2 is 1.71 bits per heavy atom. The molecule has 0 heterocycles. The third-order valence-electron chi connectivity index (χ3n) is 0.266. The number of phosphoric acid groups is 1. The molecule has 0 atom stereocenters. The molecule has 0 spiro atoms. The maximum Gasteiger partial charge on any atom is 0.473 e. The van der Waals surface area contributed by atoms with E-state index in [0.717, 1.165) is 0 Å². The van der Waals surface area contributed by atoms with Crippen LogP contribution in [0.4, 0.5) is 0 Å². The lowest BCUT2D eigenvalue weighted by molar-refractivity contribution is 0.238. The Morgan fingerprint density at radius 3 is 1.71 bits per heavy atom. The minimum atomic E-state index is -4.10. The molecule has 0 fully saturated rings. The molecule has 0 rings (SSSR count). The van der Waals surface area contributed by atoms with Gasteiger partial charge in [-0.05, 0) is 0 Å². The molecule has 0 unspecified atom stereocenters. The second-order valence-corrected chi connectivity index (χ2v) is 2.04. The van der Waals surface area contributed by atoms with Crippen molar-refractivity contribution in [1.29, 1.82) is 0 Å². The predicted molar refractivity (Wildman–Crippen MR) is 20.6 cm³/mol. The van der Waals surface area contributed by atoms with E-state index in [-0.39, 0.29) is 0 Å². The van der Waals surface area contributed by atoms with Crippen LogP contribution in [0.3, 0.4) is 0 Å². The SMILES string of the molecule is [CH]OP(=O)(O)O[CH]. The van der Waals surface area contributed by atoms with Crippen LogP contribution in [-0.2, 0) is 13.6 Å². The van der Waals surface area contributed by atoms with Crippen LogP contribution in [0, 0.1) is 14.2 Å². The molecule has 0 saturated heterocycles. The van der Waals surface area contributed by atoms with Crippen molar-refractivity contribution in [3.63, 3.8) is 0 Å². The molecule has 4 radical (unpaired) electrons. The Balaban J connectivity index is 3.61. The first-order valence-corrected chi connectivity index (χ1v) is 2.71. The Labute approximate surface area is 41.7 Å². The van der Waals surface area contributed by atoms with Gasteiger partial charge in [-0.25, -0.2) is 4.57 Å². The van der Waals surface area contributed by atoms with Crippen LogP contribution < -0.4 is 0 Å². The van der Waals surface area contributed by atoms with Crippen LogP contribution in [0.1, 0.15) is 0 Å². The monoisotopic (exact) mass is 122 g/mol. The Kier molecular flexibility index (Phi) is 2.46. The summed E-state index contributed by atoms with van der Waals surface area (Å²) in [5.41, 5.74) is 0. The first-order valence-electron chi connectivity index (χ1n) is 1.22. The molecule has 0 aromatic heterocycles. The van der Waals surface area contributed by atoms with Gasteiger partial charge in [0.1, 0.15) is 14.2 Å². The summed E-state index contributed by atoms with van der Waals surface area (Å²) in [6, 6.07) is 0. The van der Waals surface area contributed by atoms with E-state index in [9.17, 15) is 4.57 Å². The van der Waals surface area contributed by atoms with Gasteiger partial charge < -0.3 is 4.89 Å². The quantitative estimate of drug-likeness (QED) is 0.540. The van der Waals surface area contributed by atoms with Gasteiger partial charge in [-0.3, -0.25) is 9.05 Å². The third kappa shape index (κ3) is 2.76. The molecule has 0 bridgehead atoms. The van der Waals surface area contributed by atoms with Crippen molar-refractivity contribution in [2.75, 3.05) is 0 Å². The van der Waals surface area contributed by atoms with Crippen molar-refractivity contribution < 1.29 is 18.5 Å². The molecule has 0 aliphatic heterocycles. The van der Waals surface area contributed by atoms with Crippen molar-refractivity contribution in [1.82, 2.24) is 0 Å². The van der Waals surface area contributed by atoms with Crippen molar-refractivity contribution in [2.45, 2.75) is 0 Å². The van der Waals surface area contributed by atoms with E-state index < -0.39 is 7.82 Å². The average molecular weight is 122 g/mol. The van der Waals surface area contributed by atoms with E-state index in [0.29, 0.717) is 0 Å². The van der Waals surface area contributed by atoms with Gasteiger partial charge in [0, 0.05) is 0 Å². The summed E-state index contributed by atoms with van der Waals surface area (Å²) in [4.78, 5) is 7.99. The Hall–Kier alpha value is 0.110. The fourth-order valence-corrected chi connectivity index (χ4v) is 0.0745. The minimum Gasteiger partial charge on any atom is -0.302 e. The first kappa shape index (κ1) is 7.11. The van der Waals surface area contributed by atoms with Crippen molar-refractivity contribution in [3.05, 3.63) is 14.2 Å². The van der Waals surface area contributed by atoms with Crippen LogP contribution in [0.2, 0.25) is 0 Å². The maximum atomic E-state index is 9.81. The van der Waals surface area contributed by atoms with Gasteiger partial charge in [0.2, 0.25) is 0 Å². The average Bonchev–Trinajstić information content (AvgIpc) is 1.68. The van der Waals surface area contributed by atoms with Crippen LogP contribution in [-0.4, -0.2) is 4.89 Å². The van der Waals surface area contributed by atoms with Crippen molar-refractivity contribution >= 4 is 7.82 Å². The molecular weight excluding hydrogens is 119 g/mol. The third-order valence-corrected chi connectivity index (χ3v) is 0.799. The molecule has 0 aromatic carbocycles. The Bertz CT molecular complexity index is 81.7. The van der Waals surface area contributed by atoms with E-state index in [1.807, 2.05) is 0 Å². The highest BCUT2D eigenvalue weighted by Crippen LogP contribution is 2.41. The fraction of sp³-hybridized carbons (Fsp3) is 0. The topological polar surface area (TPSA) is 55.8 Å². The number of hydrogen-bond donors (Lipinski definition) is 1. The molecule has 0 aliphatic carbocycles. The molecule has 40 valence electrons. The second-order valence-electron chi connectivity index (χ2n) is 0.679. The van der Waals surface area contributed by atoms with Gasteiger partial charge >= 0.3 is 7.82 Å². The standard InChI is InChI=1S/C2H3O4P/c1-5-7(3,4)6-2/h1-2H,(H,3,4). The highest BCUT2D eigenvalue weighted by molar-refractivity contribution is 7.47. The van der Waals surface area contributed by atoms with Gasteiger partial charge in [-0.15, -0.1) is 0 Å². The van der Waals surface area contributed by atoms with Gasteiger partial charge in [0.05, 0.1) is 0 Å². The number of hydrogen-bond acceptors (Lipinski definition) is 3. The van der Waals surface area contributed by atoms with E-state index in [1.165, 1.54) is 0 Å². The summed E-state index contributed by atoms with van der Waals surface area (Å²) >= 11 is 0. The van der Waals surface area contributed by atoms with E-state index >= 15 is 0 Å². The smallest absolute Gasteiger partial charge is 0.302 e. The van der Waals surface area contributed by atoms with Crippen LogP contribution in [0.5, 0.6) is 0 Å². The van der Waals surface area contributed by atoms with Crippen LogP contribution >= 0.6 is 7.82 Å². The zero-order chi connectivity index (χ0) is 5.91. The molecule has 5 heteroatoms. The van der Waals surface area contributed by atoms with Gasteiger partial charge in [0.25, 0.3) is 0 Å². The molecule has 4 nitrogen and oxygen atoms in total. The summed E-state index contributed by atoms with van der Waals surface area (Å²) in [7, 11) is 4.30. The molecule has 0 aromatic rings. The summed E-state index contributed by atoms with van der Waals surface area (Å²) in [5.74, 6) is 0. The predicted octanol–water partition coefficient (Wildman–Crippen LogP) is 0.457. The van der Waals surface area contributed by atoms with Crippen molar-refractivity contribution in [3.8, 4) is 0 Å². The fourth-order valence-electron chi connectivity index (χ4n) is 0.0248. The van der Waals surface area contributed by atoms with Gasteiger partial charge in [-0.1, -0.05) is 0 Å². The summed E-state index contributed by atoms with van der Waals surface area (Å²) < 4.78 is 16.5. The number of phosphoric ester groups is 1. The van der Waals surface area contributed by atoms with Crippen LogP contribution in [0.25, 0.3) is 0 Å². The second kappa shape index (κ2) is 2.43. The zero-order valence-electron chi connectivity index (χ0n) is 3.27. The minimum absolute atomic E-state index is 3.35. The molecule has 7 heavy (non-hydrogen) atoms. The lowest BCUT2D eigenvalue weighted by Gasteiger charge is -2.00. The molecule has 0 aliphatic rings. The molecular formula is C2H3O4P. The van der Waals surface area contributed by atoms with Crippen molar-refractivity contribution in [2.24, 2.45) is 0 Å². The molecule has 1 N–H and O–H groups in total. The summed E-state index contributed by atoms with van der Waals surface area (Å²) in [5, 5.41) is 0. The number of rotatable bonds is 2. The lowest BCUT2D eigenvalue weighted by Crippen LogP contribution is -1.79. The maximum absolute atomic E-state index is 9.81. The normalized spacial score (nSPS) is 11.9. The highest BCUT2D eigenvalue weighted by Gasteiger charge is 2.14. The van der Waals surface area contributed by atoms with Crippen LogP contribution in [0.15, 0.2) is 0 Å². The van der Waals surface area contributed by atoms with E-state index in [2.05, 4.69) is 23.3 Å².